The zero-order chi connectivity index (χ0) is 11.8. The number of amides is 2. The van der Waals surface area contributed by atoms with Crippen molar-refractivity contribution in [3.8, 4) is 6.07 Å². The Morgan fingerprint density at radius 1 is 1.33 bits per heavy atom. The van der Waals surface area contributed by atoms with Gasteiger partial charge in [-0.1, -0.05) is 18.7 Å². The number of carbonyl (C=O) groups excluding carboxylic acids is 2. The molecule has 0 radical (unpaired) electrons. The molecule has 0 saturated carbocycles. The number of rotatable bonds is 3. The van der Waals surface area contributed by atoms with Crippen LogP contribution in [0, 0.1) is 11.3 Å². The van der Waals surface area contributed by atoms with Crippen molar-refractivity contribution >= 4 is 11.8 Å². The zero-order valence-electron chi connectivity index (χ0n) is 8.70. The van der Waals surface area contributed by atoms with E-state index in [1.807, 2.05) is 0 Å². The normalized spacial score (nSPS) is 10.9. The summed E-state index contributed by atoms with van der Waals surface area (Å²) in [5.41, 5.74) is 0.611. The highest BCUT2D eigenvalue weighted by atomic mass is 16.2. The maximum absolute atomic E-state index is 11.3. The number of imide groups is 1. The van der Waals surface area contributed by atoms with Gasteiger partial charge >= 0.3 is 0 Å². The fraction of sp³-hybridized carbons (Fsp3) is 0.182. The van der Waals surface area contributed by atoms with Crippen LogP contribution >= 0.6 is 0 Å². The Hall–Kier alpha value is -2.15. The van der Waals surface area contributed by atoms with E-state index < -0.39 is 11.8 Å². The van der Waals surface area contributed by atoms with Crippen LogP contribution in [0.25, 0.3) is 0 Å². The molecule has 0 aromatic carbocycles. The van der Waals surface area contributed by atoms with Crippen LogP contribution in [0.4, 0.5) is 0 Å². The van der Waals surface area contributed by atoms with Crippen molar-refractivity contribution in [3.63, 3.8) is 0 Å². The predicted molar refractivity (Wildman–Crippen MR) is 56.5 cm³/mol. The second kappa shape index (κ2) is 6.33. The summed E-state index contributed by atoms with van der Waals surface area (Å²) < 4.78 is 0. The summed E-state index contributed by atoms with van der Waals surface area (Å²) in [7, 11) is 0. The third kappa shape index (κ3) is 5.21. The molecule has 0 aliphatic carbocycles. The average Bonchev–Trinajstić information content (AvgIpc) is 2.17. The van der Waals surface area contributed by atoms with Gasteiger partial charge in [0.25, 0.3) is 11.8 Å². The number of nitrogens with zero attached hydrogens (tertiary/aromatic N) is 1. The molecule has 0 rings (SSSR count). The second-order valence-corrected chi connectivity index (χ2v) is 2.90. The number of allylic oxidation sites excluding steroid dienone is 3. The molecule has 0 fully saturated rings. The minimum Gasteiger partial charge on any atom is -0.289 e. The van der Waals surface area contributed by atoms with E-state index in [1.54, 1.807) is 13.0 Å². The van der Waals surface area contributed by atoms with Crippen molar-refractivity contribution in [2.24, 2.45) is 0 Å². The molecular formula is C11H12N2O2. The molecule has 15 heavy (non-hydrogen) atoms. The molecule has 0 saturated heterocycles. The Morgan fingerprint density at radius 2 is 1.93 bits per heavy atom. The number of nitrogens with one attached hydrogen (secondary N) is 1. The summed E-state index contributed by atoms with van der Waals surface area (Å²) >= 11 is 0. The first-order valence-corrected chi connectivity index (χ1v) is 4.23. The standard InChI is InChI=1S/C11H12N2O2/c1-8(2)10(14)13-11(15)9(3)6-4-5-7-12/h4-6H,1H2,2-3H3,(H,13,14,15). The van der Waals surface area contributed by atoms with Gasteiger partial charge in [0.15, 0.2) is 0 Å². The monoisotopic (exact) mass is 204 g/mol. The zero-order valence-corrected chi connectivity index (χ0v) is 8.70. The van der Waals surface area contributed by atoms with Gasteiger partial charge in [-0.2, -0.15) is 5.26 Å². The van der Waals surface area contributed by atoms with Crippen LogP contribution in [0.1, 0.15) is 13.8 Å². The fourth-order valence-corrected chi connectivity index (χ4v) is 0.620. The largest absolute Gasteiger partial charge is 0.289 e. The number of hydrogen-bond donors (Lipinski definition) is 1. The average molecular weight is 204 g/mol. The van der Waals surface area contributed by atoms with E-state index in [2.05, 4.69) is 11.9 Å². The third-order valence-electron chi connectivity index (χ3n) is 1.49. The summed E-state index contributed by atoms with van der Waals surface area (Å²) in [6, 6.07) is 1.78. The fourth-order valence-electron chi connectivity index (χ4n) is 0.620. The van der Waals surface area contributed by atoms with E-state index >= 15 is 0 Å². The molecule has 0 aromatic heterocycles. The highest BCUT2D eigenvalue weighted by molar-refractivity contribution is 6.09. The second-order valence-electron chi connectivity index (χ2n) is 2.90. The van der Waals surface area contributed by atoms with Crippen molar-refractivity contribution in [2.75, 3.05) is 0 Å². The Kier molecular flexibility index (Phi) is 5.42. The Bertz CT molecular complexity index is 384. The van der Waals surface area contributed by atoms with Gasteiger partial charge in [-0.05, 0) is 13.8 Å². The minimum atomic E-state index is -0.503. The van der Waals surface area contributed by atoms with Gasteiger partial charge in [0.2, 0.25) is 0 Å². The molecule has 0 aromatic rings. The summed E-state index contributed by atoms with van der Waals surface area (Å²) in [6.45, 7) is 6.46. The topological polar surface area (TPSA) is 70.0 Å². The molecular weight excluding hydrogens is 192 g/mol. The molecule has 0 atom stereocenters. The van der Waals surface area contributed by atoms with Crippen molar-refractivity contribution in [1.82, 2.24) is 5.32 Å². The van der Waals surface area contributed by atoms with Gasteiger partial charge in [-0.3, -0.25) is 14.9 Å². The maximum atomic E-state index is 11.3. The summed E-state index contributed by atoms with van der Waals surface area (Å²) in [5.74, 6) is -0.998. The van der Waals surface area contributed by atoms with E-state index in [0.717, 1.165) is 0 Å². The number of nitriles is 1. The molecule has 78 valence electrons. The molecule has 2 amide bonds. The Morgan fingerprint density at radius 3 is 2.40 bits per heavy atom. The maximum Gasteiger partial charge on any atom is 0.253 e. The lowest BCUT2D eigenvalue weighted by molar-refractivity contribution is -0.126. The minimum absolute atomic E-state index is 0.267. The van der Waals surface area contributed by atoms with Gasteiger partial charge in [-0.25, -0.2) is 0 Å². The van der Waals surface area contributed by atoms with Gasteiger partial charge in [0, 0.05) is 17.2 Å². The first-order chi connectivity index (χ1) is 6.99. The molecule has 0 aliphatic heterocycles. The van der Waals surface area contributed by atoms with Gasteiger partial charge < -0.3 is 0 Å². The van der Waals surface area contributed by atoms with Crippen LogP contribution < -0.4 is 5.32 Å². The van der Waals surface area contributed by atoms with Crippen molar-refractivity contribution in [2.45, 2.75) is 13.8 Å². The van der Waals surface area contributed by atoms with Gasteiger partial charge in [0.05, 0.1) is 6.07 Å². The molecule has 4 nitrogen and oxygen atoms in total. The SMILES string of the molecule is C=C(C)C(=O)NC(=O)C(C)=CC=CC#N. The van der Waals surface area contributed by atoms with Crippen LogP contribution in [0.15, 0.2) is 36.0 Å². The smallest absolute Gasteiger partial charge is 0.253 e. The van der Waals surface area contributed by atoms with E-state index in [0.29, 0.717) is 5.57 Å². The van der Waals surface area contributed by atoms with Crippen molar-refractivity contribution < 1.29 is 9.59 Å². The van der Waals surface area contributed by atoms with Crippen LogP contribution in [0.2, 0.25) is 0 Å². The van der Waals surface area contributed by atoms with Crippen LogP contribution in [0.5, 0.6) is 0 Å². The molecule has 4 heteroatoms. The Balaban J connectivity index is 4.42. The first kappa shape index (κ1) is 12.8. The van der Waals surface area contributed by atoms with Crippen molar-refractivity contribution in [1.29, 1.82) is 5.26 Å². The molecule has 1 N–H and O–H groups in total. The number of carbonyl (C=O) groups is 2. The molecule has 0 heterocycles. The van der Waals surface area contributed by atoms with Crippen LogP contribution in [-0.2, 0) is 9.59 Å². The van der Waals surface area contributed by atoms with Crippen molar-refractivity contribution in [3.05, 3.63) is 36.0 Å². The van der Waals surface area contributed by atoms with E-state index in [1.165, 1.54) is 25.2 Å². The van der Waals surface area contributed by atoms with Gasteiger partial charge in [0.1, 0.15) is 0 Å². The van der Waals surface area contributed by atoms with E-state index in [4.69, 9.17) is 5.26 Å². The molecule has 0 bridgehead atoms. The van der Waals surface area contributed by atoms with Crippen LogP contribution in [-0.4, -0.2) is 11.8 Å². The highest BCUT2D eigenvalue weighted by Gasteiger charge is 2.08. The van der Waals surface area contributed by atoms with E-state index in [9.17, 15) is 9.59 Å². The molecule has 0 unspecified atom stereocenters. The van der Waals surface area contributed by atoms with E-state index in [-0.39, 0.29) is 5.57 Å². The lowest BCUT2D eigenvalue weighted by Crippen LogP contribution is -2.31. The molecule has 0 spiro atoms. The lowest BCUT2D eigenvalue weighted by atomic mass is 10.2. The third-order valence-corrected chi connectivity index (χ3v) is 1.49. The highest BCUT2D eigenvalue weighted by Crippen LogP contribution is 1.95. The number of hydrogen-bond acceptors (Lipinski definition) is 3. The van der Waals surface area contributed by atoms with Gasteiger partial charge in [-0.15, -0.1) is 0 Å². The first-order valence-electron chi connectivity index (χ1n) is 4.23. The predicted octanol–water partition coefficient (Wildman–Crippen LogP) is 1.23. The lowest BCUT2D eigenvalue weighted by Gasteiger charge is -2.02. The summed E-state index contributed by atoms with van der Waals surface area (Å²) in [6.07, 6.45) is 4.11. The summed E-state index contributed by atoms with van der Waals surface area (Å²) in [5, 5.41) is 10.3. The Labute approximate surface area is 88.6 Å². The molecule has 0 aliphatic rings. The summed E-state index contributed by atoms with van der Waals surface area (Å²) in [4.78, 5) is 22.4. The quantitative estimate of drug-likeness (QED) is 0.427. The van der Waals surface area contributed by atoms with Crippen LogP contribution in [0.3, 0.4) is 0 Å².